The molecule has 0 saturated carbocycles. The van der Waals surface area contributed by atoms with Crippen LogP contribution in [-0.2, 0) is 24.6 Å². The predicted molar refractivity (Wildman–Crippen MR) is 71.2 cm³/mol. The number of ether oxygens (including phenoxy) is 1. The molecule has 0 aliphatic carbocycles. The lowest BCUT2D eigenvalue weighted by Crippen LogP contribution is -2.47. The van der Waals surface area contributed by atoms with Gasteiger partial charge in [-0.05, 0) is 12.8 Å². The molecule has 112 valence electrons. The topological polar surface area (TPSA) is 102 Å². The first kappa shape index (κ1) is 15.2. The third-order valence-electron chi connectivity index (χ3n) is 3.46. The summed E-state index contributed by atoms with van der Waals surface area (Å²) in [6.07, 6.45) is 0.207. The molecule has 0 aromatic carbocycles. The summed E-state index contributed by atoms with van der Waals surface area (Å²) in [5.74, 6) is -0.0832. The highest BCUT2D eigenvalue weighted by Crippen LogP contribution is 2.18. The summed E-state index contributed by atoms with van der Waals surface area (Å²) >= 11 is 0. The summed E-state index contributed by atoms with van der Waals surface area (Å²) in [5, 5.41) is 2.52. The Labute approximate surface area is 114 Å². The fourth-order valence-corrected chi connectivity index (χ4v) is 5.56. The molecule has 0 spiro atoms. The van der Waals surface area contributed by atoms with E-state index in [0.717, 1.165) is 6.54 Å². The van der Waals surface area contributed by atoms with E-state index in [-0.39, 0.29) is 37.0 Å². The molecule has 1 atom stereocenters. The van der Waals surface area contributed by atoms with Crippen molar-refractivity contribution in [2.24, 2.45) is 0 Å². The maximum atomic E-state index is 12.1. The van der Waals surface area contributed by atoms with E-state index in [1.54, 1.807) is 0 Å². The van der Waals surface area contributed by atoms with Crippen LogP contribution in [0.5, 0.6) is 0 Å². The minimum atomic E-state index is -3.46. The molecule has 1 unspecified atom stereocenters. The van der Waals surface area contributed by atoms with E-state index in [2.05, 4.69) is 10.0 Å². The van der Waals surface area contributed by atoms with Crippen molar-refractivity contribution in [2.45, 2.75) is 24.2 Å². The summed E-state index contributed by atoms with van der Waals surface area (Å²) in [7, 11) is -6.49. The van der Waals surface area contributed by atoms with Crippen LogP contribution in [0, 0.1) is 0 Å². The van der Waals surface area contributed by atoms with Gasteiger partial charge in [0, 0.05) is 19.6 Å². The highest BCUT2D eigenvalue weighted by molar-refractivity contribution is 7.92. The Balaban J connectivity index is 1.84. The molecule has 2 N–H and O–H groups in total. The van der Waals surface area contributed by atoms with E-state index in [9.17, 15) is 16.8 Å². The van der Waals surface area contributed by atoms with Gasteiger partial charge in [0.2, 0.25) is 10.0 Å². The Bertz CT molecular complexity index is 482. The summed E-state index contributed by atoms with van der Waals surface area (Å²) in [6, 6.07) is 0. The van der Waals surface area contributed by atoms with Crippen LogP contribution in [0.3, 0.4) is 0 Å². The van der Waals surface area contributed by atoms with Gasteiger partial charge in [-0.1, -0.05) is 0 Å². The average molecular weight is 312 g/mol. The summed E-state index contributed by atoms with van der Waals surface area (Å²) < 4.78 is 54.6. The molecule has 0 radical (unpaired) electrons. The first-order valence-electron chi connectivity index (χ1n) is 6.40. The molecule has 2 heterocycles. The van der Waals surface area contributed by atoms with Gasteiger partial charge in [0.1, 0.15) is 9.84 Å². The maximum Gasteiger partial charge on any atom is 0.214 e. The SMILES string of the molecule is O=S1(=O)CCC(S(=O)(=O)NCC2CNCCO2)CC1. The van der Waals surface area contributed by atoms with Gasteiger partial charge in [-0.25, -0.2) is 21.6 Å². The number of rotatable bonds is 4. The molecule has 0 aromatic heterocycles. The minimum absolute atomic E-state index is 0.0416. The number of hydrogen-bond acceptors (Lipinski definition) is 6. The monoisotopic (exact) mass is 312 g/mol. The molecular formula is C10H20N2O5S2. The largest absolute Gasteiger partial charge is 0.374 e. The van der Waals surface area contributed by atoms with Gasteiger partial charge >= 0.3 is 0 Å². The first-order valence-corrected chi connectivity index (χ1v) is 9.77. The van der Waals surface area contributed by atoms with Crippen molar-refractivity contribution in [1.29, 1.82) is 0 Å². The van der Waals surface area contributed by atoms with Crippen LogP contribution < -0.4 is 10.0 Å². The Morgan fingerprint density at radius 1 is 1.26 bits per heavy atom. The number of hydrogen-bond donors (Lipinski definition) is 2. The molecule has 0 amide bonds. The van der Waals surface area contributed by atoms with Crippen molar-refractivity contribution < 1.29 is 21.6 Å². The Kier molecular flexibility index (Phi) is 4.83. The van der Waals surface area contributed by atoms with Crippen LogP contribution in [0.15, 0.2) is 0 Å². The van der Waals surface area contributed by atoms with Crippen LogP contribution in [-0.4, -0.2) is 65.9 Å². The molecule has 2 rings (SSSR count). The van der Waals surface area contributed by atoms with Crippen molar-refractivity contribution in [3.8, 4) is 0 Å². The number of nitrogens with one attached hydrogen (secondary N) is 2. The highest BCUT2D eigenvalue weighted by atomic mass is 32.2. The Hall–Kier alpha value is -0.220. The zero-order chi connectivity index (χ0) is 13.9. The summed E-state index contributed by atoms with van der Waals surface area (Å²) in [4.78, 5) is 0. The maximum absolute atomic E-state index is 12.1. The van der Waals surface area contributed by atoms with E-state index in [1.807, 2.05) is 0 Å². The van der Waals surface area contributed by atoms with Crippen LogP contribution in [0.2, 0.25) is 0 Å². The van der Waals surface area contributed by atoms with Crippen molar-refractivity contribution in [3.63, 3.8) is 0 Å². The van der Waals surface area contributed by atoms with Crippen LogP contribution in [0.25, 0.3) is 0 Å². The molecule has 2 saturated heterocycles. The molecule has 19 heavy (non-hydrogen) atoms. The van der Waals surface area contributed by atoms with Gasteiger partial charge in [0.05, 0.1) is 29.5 Å². The van der Waals surface area contributed by atoms with Crippen molar-refractivity contribution in [2.75, 3.05) is 37.7 Å². The standard InChI is InChI=1S/C10H20N2O5S2/c13-18(14)5-1-10(2-6-18)19(15,16)12-8-9-7-11-3-4-17-9/h9-12H,1-8H2. The van der Waals surface area contributed by atoms with E-state index < -0.39 is 25.1 Å². The molecule has 0 bridgehead atoms. The third-order valence-corrected chi connectivity index (χ3v) is 7.09. The predicted octanol–water partition coefficient (Wildman–Crippen LogP) is -1.53. The molecule has 0 aromatic rings. The summed E-state index contributed by atoms with van der Waals surface area (Å²) in [5.41, 5.74) is 0. The van der Waals surface area contributed by atoms with Crippen LogP contribution in [0.4, 0.5) is 0 Å². The average Bonchev–Trinajstić information content (AvgIpc) is 2.37. The van der Waals surface area contributed by atoms with E-state index in [4.69, 9.17) is 4.74 Å². The number of sulfone groups is 1. The first-order chi connectivity index (χ1) is 8.89. The zero-order valence-electron chi connectivity index (χ0n) is 10.7. The summed E-state index contributed by atoms with van der Waals surface area (Å²) in [6.45, 7) is 2.22. The van der Waals surface area contributed by atoms with Gasteiger partial charge in [0.25, 0.3) is 0 Å². The van der Waals surface area contributed by atoms with Crippen LogP contribution >= 0.6 is 0 Å². The molecule has 7 nitrogen and oxygen atoms in total. The normalized spacial score (nSPS) is 29.2. The van der Waals surface area contributed by atoms with Crippen molar-refractivity contribution >= 4 is 19.9 Å². The Morgan fingerprint density at radius 3 is 2.53 bits per heavy atom. The van der Waals surface area contributed by atoms with Gasteiger partial charge in [-0.2, -0.15) is 0 Å². The molecule has 2 fully saturated rings. The second-order valence-electron chi connectivity index (χ2n) is 4.94. The number of morpholine rings is 1. The quantitative estimate of drug-likeness (QED) is 0.653. The second-order valence-corrected chi connectivity index (χ2v) is 9.29. The lowest BCUT2D eigenvalue weighted by atomic mass is 10.2. The third kappa shape index (κ3) is 4.38. The van der Waals surface area contributed by atoms with Gasteiger partial charge in [0.15, 0.2) is 0 Å². The van der Waals surface area contributed by atoms with Crippen molar-refractivity contribution in [3.05, 3.63) is 0 Å². The second kappa shape index (κ2) is 6.04. The van der Waals surface area contributed by atoms with E-state index in [0.29, 0.717) is 13.2 Å². The van der Waals surface area contributed by atoms with E-state index >= 15 is 0 Å². The van der Waals surface area contributed by atoms with Gasteiger partial charge < -0.3 is 10.1 Å². The van der Waals surface area contributed by atoms with Crippen LogP contribution in [0.1, 0.15) is 12.8 Å². The van der Waals surface area contributed by atoms with Crippen molar-refractivity contribution in [1.82, 2.24) is 10.0 Å². The fraction of sp³-hybridized carbons (Fsp3) is 1.00. The molecule has 9 heteroatoms. The lowest BCUT2D eigenvalue weighted by molar-refractivity contribution is 0.0323. The smallest absolute Gasteiger partial charge is 0.214 e. The molecule has 2 aliphatic heterocycles. The number of sulfonamides is 1. The lowest BCUT2D eigenvalue weighted by Gasteiger charge is -2.26. The van der Waals surface area contributed by atoms with E-state index in [1.165, 1.54) is 0 Å². The molecule has 2 aliphatic rings. The van der Waals surface area contributed by atoms with Gasteiger partial charge in [-0.15, -0.1) is 0 Å². The van der Waals surface area contributed by atoms with Gasteiger partial charge in [-0.3, -0.25) is 0 Å². The highest BCUT2D eigenvalue weighted by Gasteiger charge is 2.33. The Morgan fingerprint density at radius 2 is 1.95 bits per heavy atom. The minimum Gasteiger partial charge on any atom is -0.374 e. The fourth-order valence-electron chi connectivity index (χ4n) is 2.26. The molecular weight excluding hydrogens is 292 g/mol. The zero-order valence-corrected chi connectivity index (χ0v) is 12.3.